The van der Waals surface area contributed by atoms with Crippen LogP contribution in [0.1, 0.15) is 13.8 Å². The van der Waals surface area contributed by atoms with Crippen molar-refractivity contribution in [2.75, 3.05) is 13.7 Å². The summed E-state index contributed by atoms with van der Waals surface area (Å²) in [5.74, 6) is 0. The van der Waals surface area contributed by atoms with E-state index in [1.165, 1.54) is 0 Å². The summed E-state index contributed by atoms with van der Waals surface area (Å²) < 4.78 is 4.90. The molecule has 0 bridgehead atoms. The smallest absolute Gasteiger partial charge is 0.0860 e. The Morgan fingerprint density at radius 1 is 1.43 bits per heavy atom. The maximum absolute atomic E-state index is 7.00. The van der Waals surface area contributed by atoms with Crippen molar-refractivity contribution in [1.29, 1.82) is 0 Å². The van der Waals surface area contributed by atoms with E-state index in [1.54, 1.807) is 0 Å². The molecule has 0 aliphatic carbocycles. The van der Waals surface area contributed by atoms with Gasteiger partial charge in [-0.05, 0) is 13.8 Å². The fourth-order valence-corrected chi connectivity index (χ4v) is 0.144. The van der Waals surface area contributed by atoms with E-state index in [0.717, 1.165) is 13.7 Å². The normalized spacial score (nSPS) is 22.3. The summed E-state index contributed by atoms with van der Waals surface area (Å²) in [4.78, 5) is 0. The van der Waals surface area contributed by atoms with Gasteiger partial charge in [-0.25, -0.2) is 0 Å². The van der Waals surface area contributed by atoms with Gasteiger partial charge in [0, 0.05) is 7.11 Å². The van der Waals surface area contributed by atoms with Crippen molar-refractivity contribution in [3.63, 3.8) is 0 Å². The van der Waals surface area contributed by atoms with Crippen LogP contribution in [0.25, 0.3) is 0 Å². The zero-order valence-corrected chi connectivity index (χ0v) is 5.06. The highest BCUT2D eigenvalue weighted by Crippen LogP contribution is 2.23. The second-order valence-electron chi connectivity index (χ2n) is 2.05. The third-order valence-electron chi connectivity index (χ3n) is 0.722. The van der Waals surface area contributed by atoms with Crippen molar-refractivity contribution in [1.82, 2.24) is 0 Å². The standard InChI is InChI=1S/C4H8O.CH4O/c1-4(2)3-5-4;1-2/h3H2,1-2H3;2H,1H3. The van der Waals surface area contributed by atoms with E-state index in [0.29, 0.717) is 0 Å². The van der Waals surface area contributed by atoms with Crippen LogP contribution in [0.5, 0.6) is 0 Å². The van der Waals surface area contributed by atoms with Crippen LogP contribution >= 0.6 is 0 Å². The highest BCUT2D eigenvalue weighted by molar-refractivity contribution is 4.79. The molecular weight excluding hydrogens is 92.1 g/mol. The summed E-state index contributed by atoms with van der Waals surface area (Å²) in [5.41, 5.74) is 0.250. The topological polar surface area (TPSA) is 32.8 Å². The first-order chi connectivity index (χ1) is 3.21. The SMILES string of the molecule is CC1(C)CO1.CO. The number of aliphatic hydroxyl groups excluding tert-OH is 1. The Morgan fingerprint density at radius 3 is 1.57 bits per heavy atom. The summed E-state index contributed by atoms with van der Waals surface area (Å²) in [5, 5.41) is 7.00. The highest BCUT2D eigenvalue weighted by atomic mass is 16.6. The zero-order valence-electron chi connectivity index (χ0n) is 5.06. The number of hydrogen-bond donors (Lipinski definition) is 1. The van der Waals surface area contributed by atoms with Crippen molar-refractivity contribution in [3.8, 4) is 0 Å². The van der Waals surface area contributed by atoms with Gasteiger partial charge < -0.3 is 9.84 Å². The van der Waals surface area contributed by atoms with E-state index in [1.807, 2.05) is 0 Å². The molecule has 7 heavy (non-hydrogen) atoms. The van der Waals surface area contributed by atoms with Crippen LogP contribution in [0.2, 0.25) is 0 Å². The van der Waals surface area contributed by atoms with Gasteiger partial charge in [-0.1, -0.05) is 0 Å². The molecule has 0 spiro atoms. The van der Waals surface area contributed by atoms with Gasteiger partial charge in [0.15, 0.2) is 0 Å². The third-order valence-corrected chi connectivity index (χ3v) is 0.722. The Labute approximate surface area is 44.1 Å². The first-order valence-electron chi connectivity index (χ1n) is 2.29. The van der Waals surface area contributed by atoms with E-state index >= 15 is 0 Å². The van der Waals surface area contributed by atoms with Gasteiger partial charge in [-0.2, -0.15) is 0 Å². The van der Waals surface area contributed by atoms with Crippen LogP contribution in [0.4, 0.5) is 0 Å². The average Bonchev–Trinajstić information content (AvgIpc) is 2.26. The summed E-state index contributed by atoms with van der Waals surface area (Å²) in [6.45, 7) is 5.10. The molecule has 2 heteroatoms. The van der Waals surface area contributed by atoms with E-state index in [9.17, 15) is 0 Å². The molecule has 0 aromatic heterocycles. The van der Waals surface area contributed by atoms with Gasteiger partial charge in [-0.15, -0.1) is 0 Å². The lowest BCUT2D eigenvalue weighted by Crippen LogP contribution is -1.90. The number of rotatable bonds is 0. The molecule has 0 aromatic carbocycles. The zero-order chi connectivity index (χ0) is 5.91. The van der Waals surface area contributed by atoms with Crippen LogP contribution in [0, 0.1) is 0 Å². The molecule has 1 N–H and O–H groups in total. The Morgan fingerprint density at radius 2 is 1.57 bits per heavy atom. The Balaban J connectivity index is 0.000000162. The van der Waals surface area contributed by atoms with Crippen LogP contribution in [-0.2, 0) is 4.74 Å². The predicted octanol–water partition coefficient (Wildman–Crippen LogP) is 0.404. The van der Waals surface area contributed by atoms with E-state index in [-0.39, 0.29) is 5.60 Å². The molecule has 0 radical (unpaired) electrons. The minimum absolute atomic E-state index is 0.250. The molecule has 0 saturated carbocycles. The molecule has 1 saturated heterocycles. The van der Waals surface area contributed by atoms with Gasteiger partial charge in [0.1, 0.15) is 0 Å². The minimum Gasteiger partial charge on any atom is -0.400 e. The van der Waals surface area contributed by atoms with Crippen molar-refractivity contribution < 1.29 is 9.84 Å². The molecule has 1 rings (SSSR count). The van der Waals surface area contributed by atoms with Gasteiger partial charge in [0.2, 0.25) is 0 Å². The molecule has 0 aromatic rings. The van der Waals surface area contributed by atoms with Crippen molar-refractivity contribution >= 4 is 0 Å². The van der Waals surface area contributed by atoms with Crippen LogP contribution in [0.3, 0.4) is 0 Å². The Bertz CT molecular complexity index is 44.0. The molecule has 0 unspecified atom stereocenters. The van der Waals surface area contributed by atoms with Gasteiger partial charge in [0.05, 0.1) is 12.2 Å². The maximum atomic E-state index is 7.00. The number of ether oxygens (including phenoxy) is 1. The minimum atomic E-state index is 0.250. The number of epoxide rings is 1. The largest absolute Gasteiger partial charge is 0.400 e. The number of aliphatic hydroxyl groups is 1. The monoisotopic (exact) mass is 104 g/mol. The molecule has 2 nitrogen and oxygen atoms in total. The van der Waals surface area contributed by atoms with E-state index < -0.39 is 0 Å². The summed E-state index contributed by atoms with van der Waals surface area (Å²) >= 11 is 0. The first-order valence-corrected chi connectivity index (χ1v) is 2.29. The fourth-order valence-electron chi connectivity index (χ4n) is 0.144. The summed E-state index contributed by atoms with van der Waals surface area (Å²) in [7, 11) is 1.00. The molecule has 0 atom stereocenters. The average molecular weight is 104 g/mol. The van der Waals surface area contributed by atoms with E-state index in [2.05, 4.69) is 13.8 Å². The fraction of sp³-hybridized carbons (Fsp3) is 1.00. The second kappa shape index (κ2) is 2.28. The molecule has 1 heterocycles. The molecule has 1 aliphatic heterocycles. The van der Waals surface area contributed by atoms with Crippen LogP contribution < -0.4 is 0 Å². The van der Waals surface area contributed by atoms with Gasteiger partial charge >= 0.3 is 0 Å². The Hall–Kier alpha value is -0.0800. The van der Waals surface area contributed by atoms with Crippen molar-refractivity contribution in [2.24, 2.45) is 0 Å². The number of hydrogen-bond acceptors (Lipinski definition) is 2. The maximum Gasteiger partial charge on any atom is 0.0860 e. The molecule has 44 valence electrons. The lowest BCUT2D eigenvalue weighted by Gasteiger charge is -1.81. The van der Waals surface area contributed by atoms with Gasteiger partial charge in [-0.3, -0.25) is 0 Å². The highest BCUT2D eigenvalue weighted by Gasteiger charge is 2.32. The Kier molecular flexibility index (Phi) is 2.26. The van der Waals surface area contributed by atoms with Crippen LogP contribution in [0.15, 0.2) is 0 Å². The first kappa shape index (κ1) is 6.92. The lowest BCUT2D eigenvalue weighted by atomic mass is 10.3. The molecule has 0 amide bonds. The summed E-state index contributed by atoms with van der Waals surface area (Å²) in [6, 6.07) is 0. The van der Waals surface area contributed by atoms with Crippen LogP contribution in [-0.4, -0.2) is 24.4 Å². The van der Waals surface area contributed by atoms with Gasteiger partial charge in [0.25, 0.3) is 0 Å². The quantitative estimate of drug-likeness (QED) is 0.451. The van der Waals surface area contributed by atoms with Crippen molar-refractivity contribution in [3.05, 3.63) is 0 Å². The third kappa shape index (κ3) is 3.76. The second-order valence-corrected chi connectivity index (χ2v) is 2.05. The molecule has 1 fully saturated rings. The summed E-state index contributed by atoms with van der Waals surface area (Å²) in [6.07, 6.45) is 0. The predicted molar refractivity (Wildman–Crippen MR) is 28.2 cm³/mol. The lowest BCUT2D eigenvalue weighted by molar-refractivity contribution is 0.344. The molecule has 1 aliphatic rings. The van der Waals surface area contributed by atoms with Crippen molar-refractivity contribution in [2.45, 2.75) is 19.4 Å². The molecular formula is C5H12O2. The van der Waals surface area contributed by atoms with E-state index in [4.69, 9.17) is 9.84 Å².